The van der Waals surface area contributed by atoms with Crippen LogP contribution in [0.5, 0.6) is 0 Å². The lowest BCUT2D eigenvalue weighted by molar-refractivity contribution is 0.512. The number of pyridine rings is 1. The lowest BCUT2D eigenvalue weighted by Crippen LogP contribution is -2.09. The summed E-state index contributed by atoms with van der Waals surface area (Å²) < 4.78 is 4.27. The maximum absolute atomic E-state index is 4.63. The van der Waals surface area contributed by atoms with Gasteiger partial charge in [0.15, 0.2) is 5.16 Å². The van der Waals surface area contributed by atoms with Gasteiger partial charge in [0.1, 0.15) is 11.5 Å². The van der Waals surface area contributed by atoms with Crippen LogP contribution < -0.4 is 0 Å². The summed E-state index contributed by atoms with van der Waals surface area (Å²) in [5.41, 5.74) is 2.03. The third-order valence-electron chi connectivity index (χ3n) is 3.49. The molecule has 0 spiro atoms. The van der Waals surface area contributed by atoms with Crippen molar-refractivity contribution < 1.29 is 0 Å². The summed E-state index contributed by atoms with van der Waals surface area (Å²) in [7, 11) is 0. The van der Waals surface area contributed by atoms with Gasteiger partial charge in [0.25, 0.3) is 0 Å². The van der Waals surface area contributed by atoms with Gasteiger partial charge in [-0.1, -0.05) is 31.7 Å². The molecular weight excluding hydrogens is 294 g/mol. The Bertz CT molecular complexity index is 739. The lowest BCUT2D eigenvalue weighted by atomic mass is 10.2. The Labute approximate surface area is 134 Å². The largest absolute Gasteiger partial charge is 0.307 e. The minimum atomic E-state index is 0.357. The number of hydrogen-bond acceptors (Lipinski definition) is 4. The number of aromatic nitrogens is 5. The van der Waals surface area contributed by atoms with Crippen molar-refractivity contribution in [2.24, 2.45) is 0 Å². The monoisotopic (exact) mass is 315 g/mol. The van der Waals surface area contributed by atoms with E-state index in [0.717, 1.165) is 28.1 Å². The van der Waals surface area contributed by atoms with Crippen LogP contribution in [-0.2, 0) is 5.75 Å². The molecule has 0 atom stereocenters. The second-order valence-electron chi connectivity index (χ2n) is 5.95. The van der Waals surface area contributed by atoms with Crippen LogP contribution >= 0.6 is 11.8 Å². The lowest BCUT2D eigenvalue weighted by Gasteiger charge is -2.15. The smallest absolute Gasteiger partial charge is 0.191 e. The van der Waals surface area contributed by atoms with Crippen molar-refractivity contribution in [1.29, 1.82) is 0 Å². The Morgan fingerprint density at radius 2 is 1.95 bits per heavy atom. The van der Waals surface area contributed by atoms with Crippen molar-refractivity contribution in [3.05, 3.63) is 42.1 Å². The van der Waals surface area contributed by atoms with E-state index >= 15 is 0 Å². The van der Waals surface area contributed by atoms with E-state index in [-0.39, 0.29) is 0 Å². The highest BCUT2D eigenvalue weighted by atomic mass is 32.2. The minimum Gasteiger partial charge on any atom is -0.307 e. The first-order valence-corrected chi connectivity index (χ1v) is 8.55. The number of imidazole rings is 1. The third-order valence-corrected chi connectivity index (χ3v) is 4.46. The summed E-state index contributed by atoms with van der Waals surface area (Å²) in [6.45, 7) is 8.65. The molecule has 3 heterocycles. The van der Waals surface area contributed by atoms with Crippen molar-refractivity contribution in [2.75, 3.05) is 0 Å². The Morgan fingerprint density at radius 1 is 1.14 bits per heavy atom. The Kier molecular flexibility index (Phi) is 4.20. The predicted octanol–water partition coefficient (Wildman–Crippen LogP) is 3.92. The highest BCUT2D eigenvalue weighted by Crippen LogP contribution is 2.27. The fraction of sp³-hybridized carbons (Fsp3) is 0.438. The maximum Gasteiger partial charge on any atom is 0.191 e. The van der Waals surface area contributed by atoms with Gasteiger partial charge in [-0.3, -0.25) is 0 Å². The average molecular weight is 315 g/mol. The highest BCUT2D eigenvalue weighted by Gasteiger charge is 2.17. The fourth-order valence-electron chi connectivity index (χ4n) is 2.46. The molecule has 5 nitrogen and oxygen atoms in total. The summed E-state index contributed by atoms with van der Waals surface area (Å²) >= 11 is 1.70. The van der Waals surface area contributed by atoms with E-state index in [1.54, 1.807) is 11.8 Å². The van der Waals surface area contributed by atoms with Gasteiger partial charge < -0.3 is 8.97 Å². The van der Waals surface area contributed by atoms with Crippen LogP contribution in [0.1, 0.15) is 51.2 Å². The second-order valence-corrected chi connectivity index (χ2v) is 6.89. The molecule has 0 fully saturated rings. The molecule has 0 radical (unpaired) electrons. The van der Waals surface area contributed by atoms with Gasteiger partial charge >= 0.3 is 0 Å². The van der Waals surface area contributed by atoms with Crippen molar-refractivity contribution in [3.8, 4) is 0 Å². The zero-order valence-corrected chi connectivity index (χ0v) is 14.2. The number of thioether (sulfide) groups is 1. The zero-order chi connectivity index (χ0) is 15.7. The Hall–Kier alpha value is -1.82. The van der Waals surface area contributed by atoms with Crippen LogP contribution in [-0.4, -0.2) is 24.1 Å². The van der Waals surface area contributed by atoms with Crippen molar-refractivity contribution in [3.63, 3.8) is 0 Å². The number of rotatable bonds is 5. The third kappa shape index (κ3) is 2.88. The van der Waals surface area contributed by atoms with E-state index in [1.807, 2.05) is 28.8 Å². The fourth-order valence-corrected chi connectivity index (χ4v) is 3.42. The maximum atomic E-state index is 4.63. The number of hydrogen-bond donors (Lipinski definition) is 0. The molecule has 0 amide bonds. The minimum absolute atomic E-state index is 0.357. The quantitative estimate of drug-likeness (QED) is 0.670. The molecule has 0 aliphatic heterocycles. The van der Waals surface area contributed by atoms with Crippen molar-refractivity contribution in [2.45, 2.75) is 50.6 Å². The first-order chi connectivity index (χ1) is 10.6. The molecule has 3 aromatic heterocycles. The number of nitrogens with zero attached hydrogens (tertiary/aromatic N) is 5. The van der Waals surface area contributed by atoms with E-state index in [9.17, 15) is 0 Å². The summed E-state index contributed by atoms with van der Waals surface area (Å²) in [5.74, 6) is 2.22. The van der Waals surface area contributed by atoms with E-state index in [1.165, 1.54) is 0 Å². The second kappa shape index (κ2) is 6.12. The van der Waals surface area contributed by atoms with Crippen LogP contribution in [0.15, 0.2) is 35.7 Å². The van der Waals surface area contributed by atoms with Crippen LogP contribution in [0, 0.1) is 0 Å². The van der Waals surface area contributed by atoms with E-state index in [0.29, 0.717) is 12.0 Å². The molecule has 0 aromatic carbocycles. The van der Waals surface area contributed by atoms with Crippen molar-refractivity contribution >= 4 is 17.4 Å². The van der Waals surface area contributed by atoms with Gasteiger partial charge in [-0.15, -0.1) is 10.2 Å². The predicted molar refractivity (Wildman–Crippen MR) is 89.2 cm³/mol. The van der Waals surface area contributed by atoms with E-state index in [4.69, 9.17) is 0 Å². The zero-order valence-electron chi connectivity index (χ0n) is 13.4. The average Bonchev–Trinajstić information content (AvgIpc) is 3.08. The summed E-state index contributed by atoms with van der Waals surface area (Å²) in [6.07, 6.45) is 4.09. The normalized spacial score (nSPS) is 11.9. The first kappa shape index (κ1) is 15.1. The van der Waals surface area contributed by atoms with Gasteiger partial charge in [0.05, 0.1) is 5.69 Å². The summed E-state index contributed by atoms with van der Waals surface area (Å²) in [6, 6.07) is 6.39. The molecule has 0 saturated heterocycles. The molecule has 0 unspecified atom stereocenters. The standard InChI is InChI=1S/C16H21N5S/c1-11(2)15-18-19-16(21(15)12(3)4)22-10-13-9-20-8-6-5-7-14(20)17-13/h5-9,11-12H,10H2,1-4H3. The number of fused-ring (bicyclic) bond motifs is 1. The molecule has 3 aromatic rings. The van der Waals surface area contributed by atoms with Crippen LogP contribution in [0.4, 0.5) is 0 Å². The van der Waals surface area contributed by atoms with E-state index < -0.39 is 0 Å². The summed E-state index contributed by atoms with van der Waals surface area (Å²) in [4.78, 5) is 4.63. The van der Waals surface area contributed by atoms with Crippen LogP contribution in [0.3, 0.4) is 0 Å². The molecule has 0 bridgehead atoms. The summed E-state index contributed by atoms with van der Waals surface area (Å²) in [5, 5.41) is 9.70. The van der Waals surface area contributed by atoms with Gasteiger partial charge in [0.2, 0.25) is 0 Å². The highest BCUT2D eigenvalue weighted by molar-refractivity contribution is 7.98. The van der Waals surface area contributed by atoms with Crippen molar-refractivity contribution in [1.82, 2.24) is 24.1 Å². The van der Waals surface area contributed by atoms with Gasteiger partial charge in [-0.25, -0.2) is 4.98 Å². The molecule has 0 saturated carbocycles. The van der Waals surface area contributed by atoms with E-state index in [2.05, 4.69) is 53.6 Å². The van der Waals surface area contributed by atoms with Gasteiger partial charge in [-0.05, 0) is 26.0 Å². The Morgan fingerprint density at radius 3 is 2.64 bits per heavy atom. The molecule has 3 rings (SSSR count). The molecule has 22 heavy (non-hydrogen) atoms. The van der Waals surface area contributed by atoms with Gasteiger partial charge in [-0.2, -0.15) is 0 Å². The molecule has 0 N–H and O–H groups in total. The molecule has 116 valence electrons. The molecule has 0 aliphatic carbocycles. The Balaban J connectivity index is 1.81. The molecular formula is C16H21N5S. The van der Waals surface area contributed by atoms with Crippen LogP contribution in [0.25, 0.3) is 5.65 Å². The SMILES string of the molecule is CC(C)c1nnc(SCc2cn3ccccc3n2)n1C(C)C. The van der Waals surface area contributed by atoms with Crippen LogP contribution in [0.2, 0.25) is 0 Å². The molecule has 0 aliphatic rings. The topological polar surface area (TPSA) is 48.0 Å². The first-order valence-electron chi connectivity index (χ1n) is 7.56. The van der Waals surface area contributed by atoms with Gasteiger partial charge in [0, 0.05) is 30.1 Å². The molecule has 6 heteroatoms.